The molecule has 0 unspecified atom stereocenters. The van der Waals surface area contributed by atoms with Crippen LogP contribution in [0.4, 0.5) is 4.39 Å². The predicted octanol–water partition coefficient (Wildman–Crippen LogP) is 3.32. The SMILES string of the molecule is Cc1c(C(=O)NNC(=O)CCc2nc(-c3ccc(F)cc3)no2)oc2ccccc12. The number of nitrogens with zero attached hydrogens (tertiary/aromatic N) is 2. The van der Waals surface area contributed by atoms with Crippen molar-refractivity contribution in [2.45, 2.75) is 19.8 Å². The monoisotopic (exact) mass is 408 g/mol. The predicted molar refractivity (Wildman–Crippen MR) is 105 cm³/mol. The molecule has 2 N–H and O–H groups in total. The van der Waals surface area contributed by atoms with Crippen molar-refractivity contribution in [3.8, 4) is 11.4 Å². The van der Waals surface area contributed by atoms with Crippen molar-refractivity contribution in [2.24, 2.45) is 0 Å². The Morgan fingerprint density at radius 2 is 1.83 bits per heavy atom. The third kappa shape index (κ3) is 4.04. The quantitative estimate of drug-likeness (QED) is 0.490. The lowest BCUT2D eigenvalue weighted by Crippen LogP contribution is -2.41. The summed E-state index contributed by atoms with van der Waals surface area (Å²) in [5, 5.41) is 4.65. The number of hydrogen-bond acceptors (Lipinski definition) is 6. The summed E-state index contributed by atoms with van der Waals surface area (Å²) in [6, 6.07) is 13.0. The molecule has 0 fully saturated rings. The first-order chi connectivity index (χ1) is 14.5. The Morgan fingerprint density at radius 3 is 2.60 bits per heavy atom. The number of hydrogen-bond donors (Lipinski definition) is 2. The van der Waals surface area contributed by atoms with E-state index in [-0.39, 0.29) is 30.3 Å². The van der Waals surface area contributed by atoms with E-state index >= 15 is 0 Å². The number of carbonyl (C=O) groups excluding carboxylic acids is 2. The van der Waals surface area contributed by atoms with E-state index in [1.165, 1.54) is 24.3 Å². The van der Waals surface area contributed by atoms with E-state index in [1.54, 1.807) is 13.0 Å². The van der Waals surface area contributed by atoms with Crippen LogP contribution < -0.4 is 10.9 Å². The molecular formula is C21H17FN4O4. The molecule has 0 saturated heterocycles. The highest BCUT2D eigenvalue weighted by Gasteiger charge is 2.18. The molecule has 2 aromatic carbocycles. The Morgan fingerprint density at radius 1 is 1.07 bits per heavy atom. The van der Waals surface area contributed by atoms with Crippen molar-refractivity contribution in [3.05, 3.63) is 71.6 Å². The van der Waals surface area contributed by atoms with Gasteiger partial charge in [-0.25, -0.2) is 4.39 Å². The summed E-state index contributed by atoms with van der Waals surface area (Å²) in [7, 11) is 0. The van der Waals surface area contributed by atoms with Crippen LogP contribution in [0.25, 0.3) is 22.4 Å². The maximum atomic E-state index is 13.0. The molecule has 2 aromatic heterocycles. The van der Waals surface area contributed by atoms with E-state index in [2.05, 4.69) is 21.0 Å². The van der Waals surface area contributed by atoms with Crippen molar-refractivity contribution < 1.29 is 22.9 Å². The van der Waals surface area contributed by atoms with Gasteiger partial charge in [-0.2, -0.15) is 4.98 Å². The Hall–Kier alpha value is -4.01. The lowest BCUT2D eigenvalue weighted by Gasteiger charge is -2.05. The molecule has 0 aliphatic heterocycles. The Balaban J connectivity index is 1.30. The first-order valence-electron chi connectivity index (χ1n) is 9.17. The van der Waals surface area contributed by atoms with Crippen LogP contribution in [-0.4, -0.2) is 22.0 Å². The minimum Gasteiger partial charge on any atom is -0.451 e. The van der Waals surface area contributed by atoms with Gasteiger partial charge in [-0.05, 0) is 37.3 Å². The zero-order valence-corrected chi connectivity index (χ0v) is 15.9. The fraction of sp³-hybridized carbons (Fsp3) is 0.143. The zero-order chi connectivity index (χ0) is 21.1. The van der Waals surface area contributed by atoms with Crippen LogP contribution in [0.1, 0.15) is 28.4 Å². The van der Waals surface area contributed by atoms with Gasteiger partial charge in [0.05, 0.1) is 0 Å². The summed E-state index contributed by atoms with van der Waals surface area (Å²) in [4.78, 5) is 28.5. The van der Waals surface area contributed by atoms with Crippen LogP contribution in [0.15, 0.2) is 57.5 Å². The molecule has 0 aliphatic rings. The van der Waals surface area contributed by atoms with Gasteiger partial charge in [0.25, 0.3) is 0 Å². The van der Waals surface area contributed by atoms with Gasteiger partial charge in [0.1, 0.15) is 11.4 Å². The first kappa shape index (κ1) is 19.3. The number of furan rings is 1. The van der Waals surface area contributed by atoms with Gasteiger partial charge < -0.3 is 8.94 Å². The molecule has 0 atom stereocenters. The second-order valence-corrected chi connectivity index (χ2v) is 6.57. The van der Waals surface area contributed by atoms with Gasteiger partial charge in [0.2, 0.25) is 17.6 Å². The maximum Gasteiger partial charge on any atom is 0.305 e. The summed E-state index contributed by atoms with van der Waals surface area (Å²) in [6.45, 7) is 1.77. The van der Waals surface area contributed by atoms with Crippen molar-refractivity contribution in [1.82, 2.24) is 21.0 Å². The molecule has 2 amide bonds. The van der Waals surface area contributed by atoms with Gasteiger partial charge in [0, 0.05) is 29.4 Å². The van der Waals surface area contributed by atoms with Crippen molar-refractivity contribution in [1.29, 1.82) is 0 Å². The lowest BCUT2D eigenvalue weighted by atomic mass is 10.1. The van der Waals surface area contributed by atoms with Gasteiger partial charge in [0.15, 0.2) is 5.76 Å². The van der Waals surface area contributed by atoms with Gasteiger partial charge in [-0.15, -0.1) is 0 Å². The molecule has 152 valence electrons. The number of benzene rings is 2. The highest BCUT2D eigenvalue weighted by Crippen LogP contribution is 2.24. The number of para-hydroxylation sites is 1. The van der Waals surface area contributed by atoms with Crippen LogP contribution in [0.2, 0.25) is 0 Å². The summed E-state index contributed by atoms with van der Waals surface area (Å²) in [6.07, 6.45) is 0.198. The van der Waals surface area contributed by atoms with Crippen LogP contribution >= 0.6 is 0 Å². The minimum absolute atomic E-state index is 0.0183. The van der Waals surface area contributed by atoms with E-state index < -0.39 is 11.8 Å². The number of amides is 2. The van der Waals surface area contributed by atoms with Crippen LogP contribution in [0, 0.1) is 12.7 Å². The molecule has 0 saturated carbocycles. The smallest absolute Gasteiger partial charge is 0.305 e. The molecule has 30 heavy (non-hydrogen) atoms. The Bertz CT molecular complexity index is 1210. The number of aryl methyl sites for hydroxylation is 2. The van der Waals surface area contributed by atoms with Crippen LogP contribution in [0.3, 0.4) is 0 Å². The van der Waals surface area contributed by atoms with Crippen molar-refractivity contribution in [2.75, 3.05) is 0 Å². The molecule has 0 bridgehead atoms. The summed E-state index contributed by atoms with van der Waals surface area (Å²) < 4.78 is 23.6. The molecule has 4 rings (SSSR count). The third-order valence-electron chi connectivity index (χ3n) is 4.50. The molecular weight excluding hydrogens is 391 g/mol. The fourth-order valence-electron chi connectivity index (χ4n) is 2.93. The fourth-order valence-corrected chi connectivity index (χ4v) is 2.93. The number of hydrazine groups is 1. The molecule has 0 aliphatic carbocycles. The lowest BCUT2D eigenvalue weighted by molar-refractivity contribution is -0.121. The zero-order valence-electron chi connectivity index (χ0n) is 15.9. The van der Waals surface area contributed by atoms with Crippen molar-refractivity contribution in [3.63, 3.8) is 0 Å². The van der Waals surface area contributed by atoms with Gasteiger partial charge in [-0.3, -0.25) is 20.4 Å². The van der Waals surface area contributed by atoms with Gasteiger partial charge in [-0.1, -0.05) is 23.4 Å². The average molecular weight is 408 g/mol. The summed E-state index contributed by atoms with van der Waals surface area (Å²) in [5.74, 6) is -0.647. The largest absolute Gasteiger partial charge is 0.451 e. The number of nitrogens with one attached hydrogen (secondary N) is 2. The molecule has 9 heteroatoms. The third-order valence-corrected chi connectivity index (χ3v) is 4.50. The normalized spacial score (nSPS) is 10.9. The summed E-state index contributed by atoms with van der Waals surface area (Å²) in [5.41, 5.74) is 6.57. The van der Waals surface area contributed by atoms with E-state index in [1.807, 2.05) is 18.2 Å². The van der Waals surface area contributed by atoms with E-state index in [0.29, 0.717) is 22.5 Å². The number of halogens is 1. The topological polar surface area (TPSA) is 110 Å². The van der Waals surface area contributed by atoms with Gasteiger partial charge >= 0.3 is 5.91 Å². The minimum atomic E-state index is -0.548. The van der Waals surface area contributed by atoms with E-state index in [0.717, 1.165) is 5.39 Å². The number of fused-ring (bicyclic) bond motifs is 1. The number of rotatable bonds is 5. The average Bonchev–Trinajstić information content (AvgIpc) is 3.36. The Labute approximate surface area is 170 Å². The molecule has 4 aromatic rings. The first-order valence-corrected chi connectivity index (χ1v) is 9.17. The number of carbonyl (C=O) groups is 2. The van der Waals surface area contributed by atoms with E-state index in [9.17, 15) is 14.0 Å². The van der Waals surface area contributed by atoms with Crippen LogP contribution in [-0.2, 0) is 11.2 Å². The highest BCUT2D eigenvalue weighted by atomic mass is 19.1. The molecule has 0 radical (unpaired) electrons. The van der Waals surface area contributed by atoms with E-state index in [4.69, 9.17) is 8.94 Å². The highest BCUT2D eigenvalue weighted by molar-refractivity contribution is 5.99. The standard InChI is InChI=1S/C21H17FN4O4/c1-12-15-4-2-3-5-16(15)29-19(12)21(28)25-24-17(27)10-11-18-23-20(26-30-18)13-6-8-14(22)9-7-13/h2-9H,10-11H2,1H3,(H,24,27)(H,25,28). The Kier molecular flexibility index (Phi) is 5.25. The van der Waals surface area contributed by atoms with Crippen molar-refractivity contribution >= 4 is 22.8 Å². The second kappa shape index (κ2) is 8.16. The molecule has 2 heterocycles. The second-order valence-electron chi connectivity index (χ2n) is 6.57. The maximum absolute atomic E-state index is 13.0. The molecule has 0 spiro atoms. The summed E-state index contributed by atoms with van der Waals surface area (Å²) >= 11 is 0. The molecule has 8 nitrogen and oxygen atoms in total. The number of aromatic nitrogens is 2. The van der Waals surface area contributed by atoms with Crippen LogP contribution in [0.5, 0.6) is 0 Å².